The molecule has 2 aliphatic carbocycles. The van der Waals surface area contributed by atoms with Crippen LogP contribution in [0.2, 0.25) is 0 Å². The Morgan fingerprint density at radius 1 is 0.960 bits per heavy atom. The van der Waals surface area contributed by atoms with Crippen molar-refractivity contribution in [2.45, 2.75) is 62.6 Å². The smallest absolute Gasteiger partial charge is 0.251 e. The lowest BCUT2D eigenvalue weighted by molar-refractivity contribution is -0.131. The van der Waals surface area contributed by atoms with Gasteiger partial charge in [-0.15, -0.1) is 10.2 Å². The zero-order chi connectivity index (χ0) is 35.2. The van der Waals surface area contributed by atoms with Gasteiger partial charge in [-0.3, -0.25) is 14.4 Å². The Hall–Kier alpha value is -5.41. The standard InChI is InChI=1S/C38H38FN7O4/c1-21(43-20-33(47)46-29(19-40)16-27-17-32(27)46)18-38(37-45-44-36(50-37)22-6-10-28(39)11-7-22)30-12-8-25(34(48)41-2)14-23(30)4-5-24-15-26(35(49)42-3)9-13-31(24)38/h6-15,21,27,29,32,43H,4-5,16-18,20H2,1-3H3,(H,41,48)(H,42,49)/t21-,27+,29-,32-/m0/s1. The average molecular weight is 676 g/mol. The van der Waals surface area contributed by atoms with Gasteiger partial charge in [0.25, 0.3) is 11.8 Å². The normalized spacial score (nSPS) is 20.4. The molecular weight excluding hydrogens is 637 g/mol. The monoisotopic (exact) mass is 675 g/mol. The molecule has 1 aliphatic heterocycles. The van der Waals surface area contributed by atoms with Crippen LogP contribution >= 0.6 is 0 Å². The molecule has 3 aliphatic rings. The number of hydrogen-bond acceptors (Lipinski definition) is 8. The number of nitrogens with zero attached hydrogens (tertiary/aromatic N) is 4. The van der Waals surface area contributed by atoms with Crippen molar-refractivity contribution < 1.29 is 23.2 Å². The molecule has 3 amide bonds. The minimum Gasteiger partial charge on any atom is -0.419 e. The summed E-state index contributed by atoms with van der Waals surface area (Å²) < 4.78 is 20.4. The van der Waals surface area contributed by atoms with Crippen LogP contribution in [0.25, 0.3) is 11.5 Å². The van der Waals surface area contributed by atoms with E-state index in [9.17, 15) is 24.0 Å². The minimum atomic E-state index is -1.09. The lowest BCUT2D eigenvalue weighted by Crippen LogP contribution is -2.46. The second-order valence-electron chi connectivity index (χ2n) is 13.5. The molecule has 7 rings (SSSR count). The van der Waals surface area contributed by atoms with Gasteiger partial charge in [0, 0.05) is 42.9 Å². The van der Waals surface area contributed by atoms with Gasteiger partial charge in [-0.05, 0) is 116 Å². The van der Waals surface area contributed by atoms with Crippen molar-refractivity contribution in [2.24, 2.45) is 5.92 Å². The molecule has 1 aromatic heterocycles. The molecule has 2 heterocycles. The second kappa shape index (κ2) is 13.1. The molecular formula is C38H38FN7O4. The van der Waals surface area contributed by atoms with Crippen LogP contribution in [0.15, 0.2) is 65.1 Å². The van der Waals surface area contributed by atoms with E-state index >= 15 is 0 Å². The molecule has 0 bridgehead atoms. The third kappa shape index (κ3) is 5.81. The summed E-state index contributed by atoms with van der Waals surface area (Å²) in [5.41, 5.74) is 3.99. The van der Waals surface area contributed by atoms with Gasteiger partial charge in [0.15, 0.2) is 0 Å². The van der Waals surface area contributed by atoms with E-state index in [2.05, 4.69) is 32.2 Å². The van der Waals surface area contributed by atoms with Gasteiger partial charge in [0.05, 0.1) is 12.6 Å². The number of likely N-dealkylation sites (tertiary alicyclic amines) is 1. The first-order chi connectivity index (χ1) is 24.2. The van der Waals surface area contributed by atoms with Gasteiger partial charge in [-0.2, -0.15) is 5.26 Å². The molecule has 0 unspecified atom stereocenters. The first-order valence-corrected chi connectivity index (χ1v) is 16.9. The van der Waals surface area contributed by atoms with Crippen LogP contribution in [0, 0.1) is 23.1 Å². The lowest BCUT2D eigenvalue weighted by atomic mass is 9.68. The number of rotatable bonds is 9. The number of nitrogens with one attached hydrogen (secondary N) is 3. The summed E-state index contributed by atoms with van der Waals surface area (Å²) in [4.78, 5) is 40.8. The number of aromatic nitrogens is 2. The van der Waals surface area contributed by atoms with Crippen LogP contribution in [0.4, 0.5) is 4.39 Å². The van der Waals surface area contributed by atoms with Crippen LogP contribution in [0.3, 0.4) is 0 Å². The predicted octanol–water partition coefficient (Wildman–Crippen LogP) is 3.91. The highest BCUT2D eigenvalue weighted by Crippen LogP contribution is 2.49. The number of fused-ring (bicyclic) bond motifs is 3. The molecule has 4 atom stereocenters. The van der Waals surface area contributed by atoms with E-state index in [1.165, 1.54) is 12.1 Å². The fourth-order valence-corrected chi connectivity index (χ4v) is 7.88. The maximum Gasteiger partial charge on any atom is 0.251 e. The van der Waals surface area contributed by atoms with E-state index < -0.39 is 17.3 Å². The summed E-state index contributed by atoms with van der Waals surface area (Å²) in [7, 11) is 3.17. The Kier molecular flexibility index (Phi) is 8.70. The molecule has 3 aromatic carbocycles. The molecule has 4 aromatic rings. The fraction of sp³-hybridized carbons (Fsp3) is 0.368. The second-order valence-corrected chi connectivity index (χ2v) is 13.5. The Morgan fingerprint density at radius 3 is 2.16 bits per heavy atom. The first kappa shape index (κ1) is 33.1. The van der Waals surface area contributed by atoms with Crippen molar-refractivity contribution in [2.75, 3.05) is 20.6 Å². The Labute approximate surface area is 289 Å². The minimum absolute atomic E-state index is 0.0498. The SMILES string of the molecule is CNC(=O)c1ccc2c(c1)CCc1cc(C(=O)NC)ccc1C2(C[C@H](C)NCC(=O)N1[C@H](C#N)C[C@@H]2C[C@@H]21)c1nnc(-c2ccc(F)cc2)o1. The molecule has 1 saturated carbocycles. The third-order valence-corrected chi connectivity index (χ3v) is 10.4. The van der Waals surface area contributed by atoms with Crippen molar-refractivity contribution in [3.8, 4) is 17.5 Å². The number of hydrogen-bond donors (Lipinski definition) is 3. The van der Waals surface area contributed by atoms with Gasteiger partial charge in [-0.25, -0.2) is 4.39 Å². The number of halogens is 1. The number of amides is 3. The Bertz CT molecular complexity index is 1950. The summed E-state index contributed by atoms with van der Waals surface area (Å²) in [5.74, 6) is -0.0305. The van der Waals surface area contributed by atoms with Crippen molar-refractivity contribution in [3.63, 3.8) is 0 Å². The maximum absolute atomic E-state index is 13.8. The molecule has 2 fully saturated rings. The van der Waals surface area contributed by atoms with Crippen LogP contribution in [-0.2, 0) is 23.1 Å². The summed E-state index contributed by atoms with van der Waals surface area (Å²) in [5, 5.41) is 27.6. The topological polar surface area (TPSA) is 153 Å². The van der Waals surface area contributed by atoms with Crippen molar-refractivity contribution in [1.82, 2.24) is 31.0 Å². The molecule has 0 radical (unpaired) electrons. The number of benzene rings is 3. The van der Waals surface area contributed by atoms with E-state index in [0.29, 0.717) is 41.9 Å². The van der Waals surface area contributed by atoms with E-state index in [0.717, 1.165) is 35.1 Å². The summed E-state index contributed by atoms with van der Waals surface area (Å²) >= 11 is 0. The number of aryl methyl sites for hydroxylation is 2. The number of piperidine rings is 1. The van der Waals surface area contributed by atoms with Crippen LogP contribution in [0.5, 0.6) is 0 Å². The molecule has 1 saturated heterocycles. The lowest BCUT2D eigenvalue weighted by Gasteiger charge is -2.36. The molecule has 11 nitrogen and oxygen atoms in total. The van der Waals surface area contributed by atoms with Gasteiger partial charge >= 0.3 is 0 Å². The van der Waals surface area contributed by atoms with Gasteiger partial charge in [-0.1, -0.05) is 12.1 Å². The van der Waals surface area contributed by atoms with E-state index in [1.807, 2.05) is 31.2 Å². The molecule has 50 heavy (non-hydrogen) atoms. The Morgan fingerprint density at radius 2 is 1.58 bits per heavy atom. The summed E-state index contributed by atoms with van der Waals surface area (Å²) in [6, 6.07) is 18.7. The highest BCUT2D eigenvalue weighted by atomic mass is 19.1. The van der Waals surface area contributed by atoms with Gasteiger partial charge in [0.1, 0.15) is 17.3 Å². The summed E-state index contributed by atoms with van der Waals surface area (Å²) in [6.45, 7) is 2.04. The number of carbonyl (C=O) groups excluding carboxylic acids is 3. The van der Waals surface area contributed by atoms with Crippen molar-refractivity contribution >= 4 is 17.7 Å². The zero-order valence-corrected chi connectivity index (χ0v) is 28.1. The zero-order valence-electron chi connectivity index (χ0n) is 28.1. The molecule has 3 N–H and O–H groups in total. The van der Waals surface area contributed by atoms with E-state index in [-0.39, 0.29) is 48.1 Å². The average Bonchev–Trinajstić information content (AvgIpc) is 3.57. The van der Waals surface area contributed by atoms with Crippen LogP contribution < -0.4 is 16.0 Å². The largest absolute Gasteiger partial charge is 0.419 e. The van der Waals surface area contributed by atoms with E-state index in [1.54, 1.807) is 43.3 Å². The number of carbonyl (C=O) groups is 3. The first-order valence-electron chi connectivity index (χ1n) is 16.9. The quantitative estimate of drug-likeness (QED) is 0.242. The van der Waals surface area contributed by atoms with Gasteiger partial charge < -0.3 is 25.3 Å². The van der Waals surface area contributed by atoms with Crippen molar-refractivity contribution in [3.05, 3.63) is 106 Å². The molecule has 12 heteroatoms. The molecule has 0 spiro atoms. The maximum atomic E-state index is 13.8. The highest BCUT2D eigenvalue weighted by molar-refractivity contribution is 5.95. The summed E-state index contributed by atoms with van der Waals surface area (Å²) in [6.07, 6.45) is 3.16. The van der Waals surface area contributed by atoms with Crippen LogP contribution in [-0.4, -0.2) is 71.6 Å². The third-order valence-electron chi connectivity index (χ3n) is 10.4. The fourth-order valence-electron chi connectivity index (χ4n) is 7.88. The van der Waals surface area contributed by atoms with Crippen molar-refractivity contribution in [1.29, 1.82) is 5.26 Å². The van der Waals surface area contributed by atoms with E-state index in [4.69, 9.17) is 4.42 Å². The number of nitriles is 1. The molecule has 256 valence electrons. The predicted molar refractivity (Wildman–Crippen MR) is 181 cm³/mol. The van der Waals surface area contributed by atoms with Crippen LogP contribution in [0.1, 0.15) is 75.0 Å². The highest BCUT2D eigenvalue weighted by Gasteiger charge is 2.54. The van der Waals surface area contributed by atoms with Gasteiger partial charge in [0.2, 0.25) is 17.7 Å². The Balaban J connectivity index is 1.35.